The highest BCUT2D eigenvalue weighted by atomic mass is 35.5. The zero-order chi connectivity index (χ0) is 29.6. The third-order valence-corrected chi connectivity index (χ3v) is 6.66. The number of ether oxygens (including phenoxy) is 1. The van der Waals surface area contributed by atoms with Crippen LogP contribution in [0.1, 0.15) is 43.9 Å². The molecule has 4 N–H and O–H groups in total. The van der Waals surface area contributed by atoms with Crippen LogP contribution in [0, 0.1) is 11.6 Å². The first kappa shape index (κ1) is 35.6. The van der Waals surface area contributed by atoms with Gasteiger partial charge in [0.2, 0.25) is 11.8 Å². The van der Waals surface area contributed by atoms with Crippen LogP contribution >= 0.6 is 24.8 Å². The lowest BCUT2D eigenvalue weighted by Crippen LogP contribution is -2.56. The molecule has 0 bridgehead atoms. The van der Waals surface area contributed by atoms with Gasteiger partial charge in [0.05, 0.1) is 25.1 Å². The molecule has 0 aliphatic carbocycles. The van der Waals surface area contributed by atoms with Gasteiger partial charge in [-0.3, -0.25) is 14.4 Å². The van der Waals surface area contributed by atoms with Crippen LogP contribution in [-0.2, 0) is 25.7 Å². The standard InChI is InChI=1S/C29H34F2N6O4.2ClH/c1-29(2,32)28(40)34-23(17-41-16-19-8-4-3-5-9-19)26(38)35-24-15-37(18-33-24)25(27(39)36-12-6-7-13-36)21-11-10-20(30)14-22(21)31;;/h3-5,8-11,14-15,18,23,25H,6-7,12-13,16-17,32H2,1-2H3,(H,34,40)(H,35,38);2*1H/t23-,25?;;/m1../s1. The quantitative estimate of drug-likeness (QED) is 0.294. The molecule has 2 atom stereocenters. The van der Waals surface area contributed by atoms with Crippen molar-refractivity contribution in [2.24, 2.45) is 5.73 Å². The van der Waals surface area contributed by atoms with Gasteiger partial charge in [-0.05, 0) is 38.3 Å². The van der Waals surface area contributed by atoms with Crippen LogP contribution < -0.4 is 16.4 Å². The van der Waals surface area contributed by atoms with Crippen molar-refractivity contribution in [1.82, 2.24) is 19.8 Å². The number of imidazole rings is 1. The lowest BCUT2D eigenvalue weighted by Gasteiger charge is -2.25. The van der Waals surface area contributed by atoms with Crippen molar-refractivity contribution in [3.05, 3.63) is 83.8 Å². The van der Waals surface area contributed by atoms with Crippen LogP contribution in [0.15, 0.2) is 61.1 Å². The Morgan fingerprint density at radius 2 is 1.74 bits per heavy atom. The summed E-state index contributed by atoms with van der Waals surface area (Å²) in [6.07, 6.45) is 4.33. The van der Waals surface area contributed by atoms with Crippen molar-refractivity contribution in [2.45, 2.75) is 50.9 Å². The molecule has 2 aromatic carbocycles. The normalized spacial score (nSPS) is 14.2. The van der Waals surface area contributed by atoms with Crippen LogP contribution in [0.5, 0.6) is 0 Å². The number of likely N-dealkylation sites (tertiary alicyclic amines) is 1. The summed E-state index contributed by atoms with van der Waals surface area (Å²) in [6.45, 7) is 4.13. The molecule has 0 radical (unpaired) electrons. The molecule has 10 nitrogen and oxygen atoms in total. The summed E-state index contributed by atoms with van der Waals surface area (Å²) in [5.74, 6) is -3.13. The van der Waals surface area contributed by atoms with Gasteiger partial charge in [0.25, 0.3) is 5.91 Å². The highest BCUT2D eigenvalue weighted by molar-refractivity contribution is 5.98. The molecule has 43 heavy (non-hydrogen) atoms. The second-order valence-electron chi connectivity index (χ2n) is 10.5. The molecule has 4 rings (SSSR count). The predicted octanol–water partition coefficient (Wildman–Crippen LogP) is 3.59. The molecule has 2 heterocycles. The van der Waals surface area contributed by atoms with Crippen molar-refractivity contribution in [3.8, 4) is 0 Å². The SMILES string of the molecule is CC(C)(N)C(=O)N[C@H](COCc1ccccc1)C(=O)Nc1cn(C(C(=O)N2CCCC2)c2ccc(F)cc2F)cn1.Cl.Cl. The van der Waals surface area contributed by atoms with Crippen molar-refractivity contribution >= 4 is 48.4 Å². The molecule has 1 aromatic heterocycles. The second kappa shape index (κ2) is 15.8. The average Bonchev–Trinajstić information content (AvgIpc) is 3.62. The average molecular weight is 642 g/mol. The Balaban J connectivity index is 0.00000323. The number of aromatic nitrogens is 2. The number of nitrogens with one attached hydrogen (secondary N) is 2. The van der Waals surface area contributed by atoms with Gasteiger partial charge in [-0.25, -0.2) is 13.8 Å². The van der Waals surface area contributed by atoms with E-state index in [9.17, 15) is 23.2 Å². The summed E-state index contributed by atoms with van der Waals surface area (Å²) >= 11 is 0. The highest BCUT2D eigenvalue weighted by Gasteiger charge is 2.32. The fourth-order valence-corrected chi connectivity index (χ4v) is 4.41. The van der Waals surface area contributed by atoms with Gasteiger partial charge in [-0.2, -0.15) is 0 Å². The molecule has 234 valence electrons. The van der Waals surface area contributed by atoms with Gasteiger partial charge in [-0.1, -0.05) is 36.4 Å². The number of carbonyl (C=O) groups excluding carboxylic acids is 3. The Hall–Kier alpha value is -3.58. The highest BCUT2D eigenvalue weighted by Crippen LogP contribution is 2.27. The Labute approximate surface area is 261 Å². The van der Waals surface area contributed by atoms with Crippen molar-refractivity contribution in [1.29, 1.82) is 0 Å². The number of hydrogen-bond acceptors (Lipinski definition) is 6. The zero-order valence-electron chi connectivity index (χ0n) is 23.8. The maximum Gasteiger partial charge on any atom is 0.250 e. The van der Waals surface area contributed by atoms with Gasteiger partial charge in [0.1, 0.15) is 23.7 Å². The van der Waals surface area contributed by atoms with Crippen LogP contribution in [0.3, 0.4) is 0 Å². The fraction of sp³-hybridized carbons (Fsp3) is 0.379. The van der Waals surface area contributed by atoms with E-state index in [1.54, 1.807) is 4.90 Å². The minimum atomic E-state index is -1.25. The Morgan fingerprint density at radius 3 is 2.37 bits per heavy atom. The van der Waals surface area contributed by atoms with E-state index >= 15 is 0 Å². The first-order valence-corrected chi connectivity index (χ1v) is 13.3. The first-order chi connectivity index (χ1) is 19.5. The van der Waals surface area contributed by atoms with Gasteiger partial charge < -0.3 is 30.6 Å². The predicted molar refractivity (Wildman–Crippen MR) is 162 cm³/mol. The van der Waals surface area contributed by atoms with Crippen LogP contribution in [0.2, 0.25) is 0 Å². The second-order valence-corrected chi connectivity index (χ2v) is 10.5. The lowest BCUT2D eigenvalue weighted by atomic mass is 10.0. The number of benzene rings is 2. The van der Waals surface area contributed by atoms with Crippen molar-refractivity contribution in [3.63, 3.8) is 0 Å². The maximum absolute atomic E-state index is 14.8. The summed E-state index contributed by atoms with van der Waals surface area (Å²) < 4.78 is 35.5. The Kier molecular flexibility index (Phi) is 13.1. The van der Waals surface area contributed by atoms with Crippen LogP contribution in [0.25, 0.3) is 0 Å². The smallest absolute Gasteiger partial charge is 0.250 e. The largest absolute Gasteiger partial charge is 0.374 e. The number of anilines is 1. The number of halogens is 4. The Bertz CT molecular complexity index is 1380. The third kappa shape index (κ3) is 9.45. The summed E-state index contributed by atoms with van der Waals surface area (Å²) in [5, 5.41) is 5.23. The first-order valence-electron chi connectivity index (χ1n) is 13.3. The van der Waals surface area contributed by atoms with Gasteiger partial charge in [-0.15, -0.1) is 24.8 Å². The van der Waals surface area contributed by atoms with Gasteiger partial charge >= 0.3 is 0 Å². The Morgan fingerprint density at radius 1 is 1.07 bits per heavy atom. The fourth-order valence-electron chi connectivity index (χ4n) is 4.41. The topological polar surface area (TPSA) is 132 Å². The third-order valence-electron chi connectivity index (χ3n) is 6.66. The molecular formula is C29H36Cl2F2N6O4. The summed E-state index contributed by atoms with van der Waals surface area (Å²) in [5.41, 5.74) is 5.52. The van der Waals surface area contributed by atoms with Crippen LogP contribution in [-0.4, -0.2) is 63.4 Å². The van der Waals surface area contributed by atoms with E-state index in [2.05, 4.69) is 15.6 Å². The minimum absolute atomic E-state index is 0. The number of amides is 3. The molecule has 0 saturated carbocycles. The summed E-state index contributed by atoms with van der Waals surface area (Å²) in [7, 11) is 0. The molecule has 1 unspecified atom stereocenters. The molecule has 3 aromatic rings. The molecule has 1 saturated heterocycles. The molecule has 1 aliphatic heterocycles. The van der Waals surface area contributed by atoms with E-state index in [0.29, 0.717) is 13.1 Å². The van der Waals surface area contributed by atoms with E-state index in [1.165, 1.54) is 37.0 Å². The number of hydrogen-bond donors (Lipinski definition) is 3. The van der Waals surface area contributed by atoms with E-state index < -0.39 is 41.1 Å². The molecule has 3 amide bonds. The summed E-state index contributed by atoms with van der Waals surface area (Å²) in [6, 6.07) is 10.1. The maximum atomic E-state index is 14.8. The molecular weight excluding hydrogens is 605 g/mol. The monoisotopic (exact) mass is 640 g/mol. The lowest BCUT2D eigenvalue weighted by molar-refractivity contribution is -0.132. The zero-order valence-corrected chi connectivity index (χ0v) is 25.4. The molecule has 1 aliphatic rings. The van der Waals surface area contributed by atoms with Crippen LogP contribution in [0.4, 0.5) is 14.6 Å². The number of nitrogens with two attached hydrogens (primary N) is 1. The summed E-state index contributed by atoms with van der Waals surface area (Å²) in [4.78, 5) is 45.0. The number of nitrogens with zero attached hydrogens (tertiary/aromatic N) is 3. The van der Waals surface area contributed by atoms with Gasteiger partial charge in [0, 0.05) is 30.9 Å². The molecule has 1 fully saturated rings. The molecule has 0 spiro atoms. The number of carbonyl (C=O) groups is 3. The van der Waals surface area contributed by atoms with E-state index in [1.807, 2.05) is 30.3 Å². The van der Waals surface area contributed by atoms with E-state index in [4.69, 9.17) is 10.5 Å². The van der Waals surface area contributed by atoms with Crippen molar-refractivity contribution < 1.29 is 27.9 Å². The van der Waals surface area contributed by atoms with E-state index in [-0.39, 0.29) is 55.3 Å². The van der Waals surface area contributed by atoms with Gasteiger partial charge in [0.15, 0.2) is 5.82 Å². The minimum Gasteiger partial charge on any atom is -0.374 e. The molecule has 14 heteroatoms. The van der Waals surface area contributed by atoms with E-state index in [0.717, 1.165) is 30.5 Å². The number of rotatable bonds is 11. The van der Waals surface area contributed by atoms with Crippen molar-refractivity contribution in [2.75, 3.05) is 25.0 Å².